The Morgan fingerprint density at radius 2 is 1.69 bits per heavy atom. The van der Waals surface area contributed by atoms with Crippen molar-refractivity contribution in [3.8, 4) is 16.8 Å². The number of nitrogens with one attached hydrogen (secondary N) is 1. The van der Waals surface area contributed by atoms with Crippen molar-refractivity contribution in [2.75, 3.05) is 0 Å². The summed E-state index contributed by atoms with van der Waals surface area (Å²) in [6, 6.07) is 13.4. The van der Waals surface area contributed by atoms with E-state index in [4.69, 9.17) is 5.73 Å². The first kappa shape index (κ1) is 23.3. The molecule has 0 atom stereocenters. The second kappa shape index (κ2) is 8.34. The fraction of sp³-hybridized carbons (Fsp3) is 0.179. The molecule has 0 aliphatic rings. The molecule has 0 saturated carbocycles. The monoisotopic (exact) mass is 484 g/mol. The number of nitrogens with zero attached hydrogens (tertiary/aromatic N) is 2. The van der Waals surface area contributed by atoms with Gasteiger partial charge in [0, 0.05) is 18.1 Å². The van der Waals surface area contributed by atoms with Crippen LogP contribution >= 0.6 is 0 Å². The average molecular weight is 485 g/mol. The maximum atomic E-state index is 14.5. The number of carbonyl (C=O) groups excluding carboxylic acids is 1. The number of amides is 1. The molecule has 36 heavy (non-hydrogen) atoms. The van der Waals surface area contributed by atoms with Crippen LogP contribution in [0.15, 0.2) is 58.1 Å². The number of hydrogen-bond donors (Lipinski definition) is 2. The van der Waals surface area contributed by atoms with Gasteiger partial charge in [0.1, 0.15) is 5.82 Å². The van der Waals surface area contributed by atoms with Crippen molar-refractivity contribution in [2.24, 2.45) is 12.8 Å². The third kappa shape index (κ3) is 3.37. The van der Waals surface area contributed by atoms with E-state index in [2.05, 4.69) is 4.98 Å². The number of carbonyl (C=O) groups is 1. The van der Waals surface area contributed by atoms with Gasteiger partial charge in [-0.3, -0.25) is 14.2 Å². The lowest BCUT2D eigenvalue weighted by atomic mass is 9.92. The van der Waals surface area contributed by atoms with Gasteiger partial charge in [0.2, 0.25) is 5.91 Å². The third-order valence-corrected chi connectivity index (χ3v) is 6.98. The number of para-hydroxylation sites is 1. The number of benzene rings is 3. The minimum Gasteiger partial charge on any atom is -0.369 e. The summed E-state index contributed by atoms with van der Waals surface area (Å²) in [5.41, 5.74) is 10.7. The van der Waals surface area contributed by atoms with Crippen molar-refractivity contribution in [2.45, 2.75) is 27.2 Å². The van der Waals surface area contributed by atoms with E-state index in [-0.39, 0.29) is 17.3 Å². The lowest BCUT2D eigenvalue weighted by Crippen LogP contribution is -2.38. The maximum Gasteiger partial charge on any atom is 0.335 e. The highest BCUT2D eigenvalue weighted by Crippen LogP contribution is 2.37. The number of halogens is 1. The molecule has 8 heteroatoms. The Morgan fingerprint density at radius 1 is 0.972 bits per heavy atom. The van der Waals surface area contributed by atoms with Crippen LogP contribution in [0, 0.1) is 26.6 Å². The van der Waals surface area contributed by atoms with Crippen molar-refractivity contribution in [1.82, 2.24) is 14.1 Å². The number of fused-ring (bicyclic) bond motifs is 2. The Kier molecular flexibility index (Phi) is 5.39. The Balaban J connectivity index is 1.82. The fourth-order valence-corrected chi connectivity index (χ4v) is 5.06. The molecule has 3 N–H and O–H groups in total. The summed E-state index contributed by atoms with van der Waals surface area (Å²) in [5, 5.41) is 1.07. The molecule has 7 nitrogen and oxygen atoms in total. The third-order valence-electron chi connectivity index (χ3n) is 6.98. The van der Waals surface area contributed by atoms with Gasteiger partial charge >= 0.3 is 5.69 Å². The molecule has 1 amide bonds. The van der Waals surface area contributed by atoms with Crippen LogP contribution in [0.25, 0.3) is 38.6 Å². The number of aromatic nitrogens is 3. The van der Waals surface area contributed by atoms with Crippen molar-refractivity contribution >= 4 is 27.7 Å². The van der Waals surface area contributed by atoms with Crippen LogP contribution in [0.2, 0.25) is 0 Å². The largest absolute Gasteiger partial charge is 0.369 e. The van der Waals surface area contributed by atoms with Crippen LogP contribution in [-0.4, -0.2) is 20.0 Å². The van der Waals surface area contributed by atoms with Crippen LogP contribution in [0.4, 0.5) is 4.39 Å². The summed E-state index contributed by atoms with van der Waals surface area (Å²) in [7, 11) is 1.45. The quantitative estimate of drug-likeness (QED) is 0.404. The zero-order valence-electron chi connectivity index (χ0n) is 20.4. The van der Waals surface area contributed by atoms with Crippen molar-refractivity contribution < 1.29 is 9.18 Å². The van der Waals surface area contributed by atoms with E-state index in [0.29, 0.717) is 5.69 Å². The standard InChI is InChI=1S/C28H25FN4O3/c1-14-16(3)31-25-17(13-23(30)34)11-12-19(24(14)25)18-7-6-10-22(15(18)2)33-27(35)20-8-5-9-21(29)26(20)32(4)28(33)36/h5-12,31H,13H2,1-4H3,(H2,30,34). The maximum absolute atomic E-state index is 14.5. The van der Waals surface area contributed by atoms with E-state index in [1.54, 1.807) is 12.1 Å². The minimum atomic E-state index is -0.631. The molecule has 3 aromatic carbocycles. The molecular weight excluding hydrogens is 459 g/mol. The molecule has 5 aromatic rings. The molecule has 0 aliphatic carbocycles. The van der Waals surface area contributed by atoms with Crippen LogP contribution in [0.3, 0.4) is 0 Å². The van der Waals surface area contributed by atoms with Gasteiger partial charge in [-0.25, -0.2) is 13.8 Å². The van der Waals surface area contributed by atoms with E-state index < -0.39 is 23.0 Å². The molecule has 0 radical (unpaired) electrons. The van der Waals surface area contributed by atoms with Gasteiger partial charge in [0.15, 0.2) is 0 Å². The number of rotatable bonds is 4. The number of nitrogens with two attached hydrogens (primary N) is 1. The molecule has 0 bridgehead atoms. The van der Waals surface area contributed by atoms with E-state index in [1.165, 1.54) is 25.2 Å². The van der Waals surface area contributed by atoms with Gasteiger partial charge < -0.3 is 10.7 Å². The highest BCUT2D eigenvalue weighted by molar-refractivity contribution is 6.02. The predicted octanol–water partition coefficient (Wildman–Crippen LogP) is 3.93. The highest BCUT2D eigenvalue weighted by atomic mass is 19.1. The first-order valence-electron chi connectivity index (χ1n) is 11.5. The Bertz CT molecular complexity index is 1840. The van der Waals surface area contributed by atoms with E-state index in [0.717, 1.165) is 53.5 Å². The fourth-order valence-electron chi connectivity index (χ4n) is 5.06. The van der Waals surface area contributed by atoms with Crippen LogP contribution in [0.5, 0.6) is 0 Å². The number of H-pyrrole nitrogens is 1. The highest BCUT2D eigenvalue weighted by Gasteiger charge is 2.20. The first-order chi connectivity index (χ1) is 17.1. The smallest absolute Gasteiger partial charge is 0.335 e. The van der Waals surface area contributed by atoms with E-state index in [1.807, 2.05) is 39.0 Å². The SMILES string of the molecule is Cc1[nH]c2c(CC(N)=O)ccc(-c3cccc(-n4c(=O)c5cccc(F)c5n(C)c4=O)c3C)c2c1C. The van der Waals surface area contributed by atoms with Crippen molar-refractivity contribution in [3.05, 3.63) is 97.6 Å². The zero-order valence-corrected chi connectivity index (χ0v) is 20.4. The predicted molar refractivity (Wildman–Crippen MR) is 139 cm³/mol. The van der Waals surface area contributed by atoms with Gasteiger partial charge in [-0.2, -0.15) is 0 Å². The van der Waals surface area contributed by atoms with Crippen LogP contribution in [0.1, 0.15) is 22.4 Å². The van der Waals surface area contributed by atoms with Gasteiger partial charge in [-0.05, 0) is 66.8 Å². The molecule has 182 valence electrons. The van der Waals surface area contributed by atoms with Crippen LogP contribution in [-0.2, 0) is 18.3 Å². The second-order valence-electron chi connectivity index (χ2n) is 9.11. The summed E-state index contributed by atoms with van der Waals surface area (Å²) in [4.78, 5) is 41.7. The summed E-state index contributed by atoms with van der Waals surface area (Å²) in [5.74, 6) is -1.05. The zero-order chi connectivity index (χ0) is 25.9. The molecule has 0 saturated heterocycles. The number of aromatic amines is 1. The normalized spacial score (nSPS) is 11.5. The van der Waals surface area contributed by atoms with E-state index in [9.17, 15) is 18.8 Å². The molecule has 2 aromatic heterocycles. The van der Waals surface area contributed by atoms with Crippen molar-refractivity contribution in [3.63, 3.8) is 0 Å². The molecule has 0 fully saturated rings. The van der Waals surface area contributed by atoms with Gasteiger partial charge in [0.25, 0.3) is 5.56 Å². The van der Waals surface area contributed by atoms with Crippen LogP contribution < -0.4 is 17.0 Å². The second-order valence-corrected chi connectivity index (χ2v) is 9.11. The summed E-state index contributed by atoms with van der Waals surface area (Å²) < 4.78 is 16.7. The summed E-state index contributed by atoms with van der Waals surface area (Å²) in [6.45, 7) is 5.82. The number of primary amides is 1. The molecule has 5 rings (SSSR count). The van der Waals surface area contributed by atoms with Crippen molar-refractivity contribution in [1.29, 1.82) is 0 Å². The molecule has 2 heterocycles. The Hall–Kier alpha value is -4.46. The van der Waals surface area contributed by atoms with Gasteiger partial charge in [-0.15, -0.1) is 0 Å². The molecular formula is C28H25FN4O3. The Labute approximate surface area is 205 Å². The summed E-state index contributed by atoms with van der Waals surface area (Å²) in [6.07, 6.45) is 0.105. The topological polar surface area (TPSA) is 103 Å². The molecule has 0 unspecified atom stereocenters. The number of aryl methyl sites for hydroxylation is 3. The van der Waals surface area contributed by atoms with E-state index >= 15 is 0 Å². The first-order valence-corrected chi connectivity index (χ1v) is 11.5. The lowest BCUT2D eigenvalue weighted by Gasteiger charge is -2.17. The average Bonchev–Trinajstić information content (AvgIpc) is 3.13. The lowest BCUT2D eigenvalue weighted by molar-refractivity contribution is -0.117. The molecule has 0 spiro atoms. The molecule has 0 aliphatic heterocycles. The summed E-state index contributed by atoms with van der Waals surface area (Å²) >= 11 is 0. The number of hydrogen-bond acceptors (Lipinski definition) is 3. The minimum absolute atomic E-state index is 0.0253. The Morgan fingerprint density at radius 3 is 2.42 bits per heavy atom. The van der Waals surface area contributed by atoms with Gasteiger partial charge in [-0.1, -0.05) is 30.3 Å². The van der Waals surface area contributed by atoms with Gasteiger partial charge in [0.05, 0.1) is 28.5 Å².